The van der Waals surface area contributed by atoms with Crippen LogP contribution in [0.1, 0.15) is 36.0 Å². The molecule has 0 radical (unpaired) electrons. The number of nitrogens with two attached hydrogens (primary N) is 1. The van der Waals surface area contributed by atoms with Gasteiger partial charge in [0, 0.05) is 49.6 Å². The zero-order chi connectivity index (χ0) is 27.7. The lowest BCUT2D eigenvalue weighted by atomic mass is 9.74. The van der Waals surface area contributed by atoms with E-state index in [4.69, 9.17) is 5.73 Å². The Morgan fingerprint density at radius 3 is 2.45 bits per heavy atom. The number of phenolic OH excluding ortho intramolecular Hbond substituents is 1. The van der Waals surface area contributed by atoms with Gasteiger partial charge in [-0.3, -0.25) is 14.4 Å². The third-order valence-electron chi connectivity index (χ3n) is 7.06. The number of hydrogen-bond donors (Lipinski definition) is 6. The summed E-state index contributed by atoms with van der Waals surface area (Å²) in [4.78, 5) is 39.5. The lowest BCUT2D eigenvalue weighted by Gasteiger charge is -2.33. The van der Waals surface area contributed by atoms with Gasteiger partial charge in [0.25, 0.3) is 5.91 Å². The lowest BCUT2D eigenvalue weighted by molar-refractivity contribution is -0.124. The number of ketones is 2. The SMILES string of the molecule is CN(C)c1cc(CNc2ccccc2)c(O)c2c1CC1CCCC(=O)/C(C(N)=O)=C(/O)[C@@H](O)C(=O)C1=C2O. The molecule has 10 heteroatoms. The maximum absolute atomic E-state index is 13.4. The number of carbonyl (C=O) groups excluding carboxylic acids is 3. The third kappa shape index (κ3) is 4.82. The van der Waals surface area contributed by atoms with Crippen LogP contribution in [0.25, 0.3) is 5.76 Å². The fourth-order valence-corrected chi connectivity index (χ4v) is 5.19. The van der Waals surface area contributed by atoms with Gasteiger partial charge in [-0.2, -0.15) is 0 Å². The van der Waals surface area contributed by atoms with Crippen molar-refractivity contribution < 1.29 is 34.8 Å². The lowest BCUT2D eigenvalue weighted by Crippen LogP contribution is -2.35. The van der Waals surface area contributed by atoms with Crippen LogP contribution < -0.4 is 16.0 Å². The van der Waals surface area contributed by atoms with Crippen LogP contribution in [0.2, 0.25) is 0 Å². The van der Waals surface area contributed by atoms with Crippen molar-refractivity contribution in [2.75, 3.05) is 24.3 Å². The first-order chi connectivity index (χ1) is 18.0. The first kappa shape index (κ1) is 26.7. The molecule has 0 aromatic heterocycles. The van der Waals surface area contributed by atoms with Crippen molar-refractivity contribution in [2.45, 2.75) is 38.3 Å². The Labute approximate surface area is 219 Å². The Morgan fingerprint density at radius 2 is 1.82 bits per heavy atom. The van der Waals surface area contributed by atoms with Gasteiger partial charge in [-0.05, 0) is 48.9 Å². The van der Waals surface area contributed by atoms with Crippen molar-refractivity contribution in [3.8, 4) is 5.75 Å². The van der Waals surface area contributed by atoms with Crippen molar-refractivity contribution in [1.82, 2.24) is 0 Å². The van der Waals surface area contributed by atoms with E-state index in [0.29, 0.717) is 11.1 Å². The number of benzene rings is 2. The first-order valence-corrected chi connectivity index (χ1v) is 12.3. The highest BCUT2D eigenvalue weighted by Gasteiger charge is 2.40. The van der Waals surface area contributed by atoms with Gasteiger partial charge >= 0.3 is 0 Å². The number of aliphatic hydroxyl groups is 3. The van der Waals surface area contributed by atoms with Gasteiger partial charge in [0.2, 0.25) is 0 Å². The highest BCUT2D eigenvalue weighted by molar-refractivity contribution is 6.20. The molecule has 2 aromatic rings. The second-order valence-corrected chi connectivity index (χ2v) is 9.74. The summed E-state index contributed by atoms with van der Waals surface area (Å²) in [6.07, 6.45) is -1.66. The Kier molecular flexibility index (Phi) is 7.45. The fraction of sp³-hybridized carbons (Fsp3) is 0.321. The van der Waals surface area contributed by atoms with Crippen molar-refractivity contribution in [3.05, 3.63) is 70.0 Å². The number of aromatic hydroxyl groups is 1. The standard InChI is InChI=1S/C28H31N3O7/c1-31(2)18-12-15(13-30-16-8-4-3-5-9-16)23(33)21-17(18)11-14-7-6-10-19(32)22(28(29)38)26(36)27(37)25(35)20(14)24(21)34/h3-5,8-9,12,14,27,30,33-34,36-37H,6-7,10-11,13H2,1-2H3,(H2,29,38)/b26-22-/t14?,27-/m0/s1. The number of carbonyl (C=O) groups is 3. The predicted molar refractivity (Wildman–Crippen MR) is 142 cm³/mol. The minimum absolute atomic E-state index is 0.0691. The zero-order valence-electron chi connectivity index (χ0n) is 21.2. The van der Waals surface area contributed by atoms with E-state index in [9.17, 15) is 34.8 Å². The minimum Gasteiger partial charge on any atom is -0.508 e. The number of nitrogens with zero attached hydrogens (tertiary/aromatic N) is 1. The molecule has 200 valence electrons. The maximum Gasteiger partial charge on any atom is 0.255 e. The molecule has 0 spiro atoms. The minimum atomic E-state index is -2.28. The summed E-state index contributed by atoms with van der Waals surface area (Å²) in [6, 6.07) is 11.2. The van der Waals surface area contributed by atoms with Crippen LogP contribution in [0.4, 0.5) is 11.4 Å². The number of aliphatic hydroxyl groups excluding tert-OH is 3. The molecule has 7 N–H and O–H groups in total. The number of amides is 1. The van der Waals surface area contributed by atoms with Crippen LogP contribution in [0.5, 0.6) is 5.75 Å². The molecule has 0 saturated heterocycles. The molecule has 0 saturated carbocycles. The number of para-hydroxylation sites is 1. The molecule has 0 bridgehead atoms. The summed E-state index contributed by atoms with van der Waals surface area (Å²) < 4.78 is 0. The quantitative estimate of drug-likeness (QED) is 0.323. The van der Waals surface area contributed by atoms with Crippen molar-refractivity contribution in [2.24, 2.45) is 11.7 Å². The second-order valence-electron chi connectivity index (χ2n) is 9.74. The van der Waals surface area contributed by atoms with Crippen LogP contribution in [0.3, 0.4) is 0 Å². The average Bonchev–Trinajstić information content (AvgIpc) is 2.87. The van der Waals surface area contributed by atoms with E-state index in [0.717, 1.165) is 11.4 Å². The Bertz CT molecular complexity index is 1360. The molecule has 1 unspecified atom stereocenters. The van der Waals surface area contributed by atoms with Gasteiger partial charge in [0.15, 0.2) is 17.7 Å². The smallest absolute Gasteiger partial charge is 0.255 e. The molecule has 0 fully saturated rings. The van der Waals surface area contributed by atoms with E-state index < -0.39 is 46.6 Å². The third-order valence-corrected chi connectivity index (χ3v) is 7.06. The topological polar surface area (TPSA) is 173 Å². The fourth-order valence-electron chi connectivity index (χ4n) is 5.19. The predicted octanol–water partition coefficient (Wildman–Crippen LogP) is 2.49. The Balaban J connectivity index is 1.86. The van der Waals surface area contributed by atoms with Gasteiger partial charge in [-0.25, -0.2) is 0 Å². The first-order valence-electron chi connectivity index (χ1n) is 12.3. The molecule has 10 nitrogen and oxygen atoms in total. The van der Waals surface area contributed by atoms with E-state index >= 15 is 0 Å². The van der Waals surface area contributed by atoms with Crippen LogP contribution in [0.15, 0.2) is 53.3 Å². The molecule has 2 aliphatic rings. The molecule has 0 heterocycles. The number of Topliss-reactive ketones (excluding diaryl/α,β-unsaturated/α-hetero) is 2. The van der Waals surface area contributed by atoms with E-state index in [2.05, 4.69) is 5.32 Å². The molecule has 1 amide bonds. The number of fused-ring (bicyclic) bond motifs is 2. The van der Waals surface area contributed by atoms with Crippen LogP contribution in [-0.4, -0.2) is 58.1 Å². The Morgan fingerprint density at radius 1 is 1.13 bits per heavy atom. The van der Waals surface area contributed by atoms with Crippen LogP contribution in [0, 0.1) is 5.92 Å². The van der Waals surface area contributed by atoms with Gasteiger partial charge in [0.1, 0.15) is 22.8 Å². The summed E-state index contributed by atoms with van der Waals surface area (Å²) in [7, 11) is 3.65. The van der Waals surface area contributed by atoms with E-state index in [1.807, 2.05) is 55.4 Å². The van der Waals surface area contributed by atoms with E-state index in [1.54, 1.807) is 0 Å². The summed E-state index contributed by atoms with van der Waals surface area (Å²) >= 11 is 0. The molecule has 38 heavy (non-hydrogen) atoms. The molecule has 2 atom stereocenters. The molecular weight excluding hydrogens is 490 g/mol. The van der Waals surface area contributed by atoms with Gasteiger partial charge in [-0.15, -0.1) is 0 Å². The average molecular weight is 522 g/mol. The van der Waals surface area contributed by atoms with Gasteiger partial charge < -0.3 is 36.4 Å². The van der Waals surface area contributed by atoms with Crippen molar-refractivity contribution >= 4 is 34.6 Å². The second kappa shape index (κ2) is 10.6. The van der Waals surface area contributed by atoms with E-state index in [-0.39, 0.29) is 49.1 Å². The summed E-state index contributed by atoms with van der Waals surface area (Å²) in [5.74, 6) is -5.57. The summed E-state index contributed by atoms with van der Waals surface area (Å²) in [5, 5.41) is 47.0. The number of phenols is 1. The number of anilines is 2. The van der Waals surface area contributed by atoms with Crippen LogP contribution in [-0.2, 0) is 27.3 Å². The van der Waals surface area contributed by atoms with Gasteiger partial charge in [0.05, 0.1) is 5.56 Å². The Hall–Kier alpha value is -4.31. The van der Waals surface area contributed by atoms with Crippen molar-refractivity contribution in [1.29, 1.82) is 0 Å². The summed E-state index contributed by atoms with van der Waals surface area (Å²) in [5.41, 5.74) is 6.94. The highest BCUT2D eigenvalue weighted by atomic mass is 16.3. The molecule has 2 aromatic carbocycles. The maximum atomic E-state index is 13.4. The zero-order valence-corrected chi connectivity index (χ0v) is 21.2. The molecular formula is C28H31N3O7. The molecule has 0 aliphatic heterocycles. The number of hydrogen-bond acceptors (Lipinski definition) is 9. The van der Waals surface area contributed by atoms with Crippen LogP contribution >= 0.6 is 0 Å². The monoisotopic (exact) mass is 521 g/mol. The largest absolute Gasteiger partial charge is 0.508 e. The highest BCUT2D eigenvalue weighted by Crippen LogP contribution is 2.46. The normalized spacial score (nSPS) is 22.0. The van der Waals surface area contributed by atoms with E-state index in [1.165, 1.54) is 0 Å². The number of nitrogens with one attached hydrogen (secondary N) is 1. The van der Waals surface area contributed by atoms with Gasteiger partial charge in [-0.1, -0.05) is 18.2 Å². The number of rotatable bonds is 5. The number of primary amides is 1. The van der Waals surface area contributed by atoms with Crippen molar-refractivity contribution in [3.63, 3.8) is 0 Å². The molecule has 4 rings (SSSR count). The molecule has 2 aliphatic carbocycles. The summed E-state index contributed by atoms with van der Waals surface area (Å²) in [6.45, 7) is 0.222.